The second-order valence-electron chi connectivity index (χ2n) is 8.15. The van der Waals surface area contributed by atoms with E-state index >= 15 is 0 Å². The SMILES string of the molecule is CCCC[C@@H](CC(=O)N[C@H](CO)C(=O)O)NC(=O)OCC1c2ccccc2-c2ccccc21. The van der Waals surface area contributed by atoms with Gasteiger partial charge in [0.15, 0.2) is 0 Å². The number of hydrogen-bond acceptors (Lipinski definition) is 5. The third-order valence-corrected chi connectivity index (χ3v) is 5.82. The third kappa shape index (κ3) is 6.10. The van der Waals surface area contributed by atoms with Crippen molar-refractivity contribution in [2.75, 3.05) is 13.2 Å². The zero-order valence-electron chi connectivity index (χ0n) is 18.6. The number of ether oxygens (including phenoxy) is 1. The van der Waals surface area contributed by atoms with Gasteiger partial charge in [-0.05, 0) is 28.7 Å². The highest BCUT2D eigenvalue weighted by Crippen LogP contribution is 2.44. The van der Waals surface area contributed by atoms with E-state index in [1.807, 2.05) is 43.3 Å². The number of unbranched alkanes of at least 4 members (excludes halogenated alkanes) is 1. The lowest BCUT2D eigenvalue weighted by atomic mass is 9.98. The number of carbonyl (C=O) groups is 3. The van der Waals surface area contributed by atoms with Crippen LogP contribution < -0.4 is 10.6 Å². The Kier molecular flexibility index (Phi) is 8.43. The lowest BCUT2D eigenvalue weighted by molar-refractivity contribution is -0.143. The van der Waals surface area contributed by atoms with Crippen molar-refractivity contribution in [1.29, 1.82) is 0 Å². The monoisotopic (exact) mass is 454 g/mol. The minimum absolute atomic E-state index is 0.0681. The fraction of sp³-hybridized carbons (Fsp3) is 0.400. The van der Waals surface area contributed by atoms with E-state index in [0.29, 0.717) is 6.42 Å². The van der Waals surface area contributed by atoms with Gasteiger partial charge in [0.25, 0.3) is 0 Å². The molecular formula is C25H30N2O6. The van der Waals surface area contributed by atoms with Gasteiger partial charge in [0.2, 0.25) is 5.91 Å². The van der Waals surface area contributed by atoms with Gasteiger partial charge in [0.05, 0.1) is 6.61 Å². The van der Waals surface area contributed by atoms with E-state index in [2.05, 4.69) is 22.8 Å². The fourth-order valence-corrected chi connectivity index (χ4v) is 4.15. The van der Waals surface area contributed by atoms with E-state index < -0.39 is 36.7 Å². The molecule has 33 heavy (non-hydrogen) atoms. The second-order valence-corrected chi connectivity index (χ2v) is 8.15. The summed E-state index contributed by atoms with van der Waals surface area (Å²) in [7, 11) is 0. The molecule has 8 heteroatoms. The Balaban J connectivity index is 1.60. The van der Waals surface area contributed by atoms with E-state index in [1.54, 1.807) is 0 Å². The molecule has 0 saturated heterocycles. The topological polar surface area (TPSA) is 125 Å². The molecule has 3 rings (SSSR count). The van der Waals surface area contributed by atoms with Crippen LogP contribution in [-0.2, 0) is 14.3 Å². The molecule has 0 bridgehead atoms. The Morgan fingerprint density at radius 3 is 2.15 bits per heavy atom. The Morgan fingerprint density at radius 2 is 1.61 bits per heavy atom. The summed E-state index contributed by atoms with van der Waals surface area (Å²) in [5.41, 5.74) is 4.49. The van der Waals surface area contributed by atoms with E-state index in [1.165, 1.54) is 0 Å². The highest BCUT2D eigenvalue weighted by atomic mass is 16.5. The van der Waals surface area contributed by atoms with Crippen molar-refractivity contribution in [3.05, 3.63) is 59.7 Å². The van der Waals surface area contributed by atoms with Crippen LogP contribution in [0.4, 0.5) is 4.79 Å². The largest absolute Gasteiger partial charge is 0.480 e. The standard InChI is InChI=1S/C25H30N2O6/c1-2-3-8-16(13-23(29)27-22(14-28)24(30)31)26-25(32)33-15-21-19-11-6-4-9-17(19)18-10-5-7-12-20(18)21/h4-7,9-12,16,21-22,28H,2-3,8,13-15H2,1H3,(H,26,32)(H,27,29)(H,30,31)/t16-,22+/m0/s1. The molecule has 1 aliphatic rings. The number of nitrogens with one attached hydrogen (secondary N) is 2. The van der Waals surface area contributed by atoms with Crippen LogP contribution in [0, 0.1) is 0 Å². The Hall–Kier alpha value is -3.39. The number of fused-ring (bicyclic) bond motifs is 3. The molecule has 176 valence electrons. The van der Waals surface area contributed by atoms with Crippen LogP contribution in [0.1, 0.15) is 49.7 Å². The number of carbonyl (C=O) groups excluding carboxylic acids is 2. The summed E-state index contributed by atoms with van der Waals surface area (Å²) in [5.74, 6) is -1.95. The fourth-order valence-electron chi connectivity index (χ4n) is 4.15. The normalized spacial score (nSPS) is 14.0. The Morgan fingerprint density at radius 1 is 1.00 bits per heavy atom. The Bertz CT molecular complexity index is 947. The zero-order valence-corrected chi connectivity index (χ0v) is 18.6. The van der Waals surface area contributed by atoms with Crippen molar-refractivity contribution in [3.8, 4) is 11.1 Å². The van der Waals surface area contributed by atoms with E-state index in [0.717, 1.165) is 35.1 Å². The van der Waals surface area contributed by atoms with Crippen LogP contribution in [0.5, 0.6) is 0 Å². The van der Waals surface area contributed by atoms with Gasteiger partial charge in [-0.15, -0.1) is 0 Å². The third-order valence-electron chi connectivity index (χ3n) is 5.82. The number of carboxylic acid groups (broad SMARTS) is 1. The molecule has 0 saturated carbocycles. The first-order valence-corrected chi connectivity index (χ1v) is 11.2. The molecule has 0 unspecified atom stereocenters. The number of amides is 2. The zero-order chi connectivity index (χ0) is 23.8. The predicted octanol–water partition coefficient (Wildman–Crippen LogP) is 3.04. The van der Waals surface area contributed by atoms with Crippen LogP contribution in [0.2, 0.25) is 0 Å². The number of alkyl carbamates (subject to hydrolysis) is 1. The summed E-state index contributed by atoms with van der Waals surface area (Å²) < 4.78 is 5.56. The molecule has 2 amide bonds. The number of aliphatic hydroxyl groups excluding tert-OH is 1. The van der Waals surface area contributed by atoms with Crippen molar-refractivity contribution in [2.45, 2.75) is 50.6 Å². The summed E-state index contributed by atoms with van der Waals surface area (Å²) >= 11 is 0. The summed E-state index contributed by atoms with van der Waals surface area (Å²) in [6.07, 6.45) is 1.48. The predicted molar refractivity (Wildman–Crippen MR) is 123 cm³/mol. The maximum atomic E-state index is 12.6. The van der Waals surface area contributed by atoms with Crippen molar-refractivity contribution >= 4 is 18.0 Å². The van der Waals surface area contributed by atoms with Gasteiger partial charge in [-0.1, -0.05) is 68.3 Å². The number of aliphatic hydroxyl groups is 1. The van der Waals surface area contributed by atoms with Gasteiger partial charge in [0.1, 0.15) is 12.6 Å². The summed E-state index contributed by atoms with van der Waals surface area (Å²) in [4.78, 5) is 35.8. The first-order chi connectivity index (χ1) is 15.9. The van der Waals surface area contributed by atoms with Crippen molar-refractivity contribution in [1.82, 2.24) is 10.6 Å². The summed E-state index contributed by atoms with van der Waals surface area (Å²) in [6, 6.07) is 14.2. The average molecular weight is 455 g/mol. The second kappa shape index (κ2) is 11.5. The van der Waals surface area contributed by atoms with Gasteiger partial charge in [-0.3, -0.25) is 4.79 Å². The smallest absolute Gasteiger partial charge is 0.407 e. The number of aliphatic carboxylic acids is 1. The van der Waals surface area contributed by atoms with Gasteiger partial charge < -0.3 is 25.6 Å². The minimum atomic E-state index is -1.38. The van der Waals surface area contributed by atoms with Crippen LogP contribution >= 0.6 is 0 Å². The first-order valence-electron chi connectivity index (χ1n) is 11.2. The van der Waals surface area contributed by atoms with Crippen molar-refractivity contribution in [2.24, 2.45) is 0 Å². The van der Waals surface area contributed by atoms with Gasteiger partial charge in [-0.2, -0.15) is 0 Å². The molecule has 0 heterocycles. The molecule has 0 fully saturated rings. The van der Waals surface area contributed by atoms with Crippen LogP contribution in [0.25, 0.3) is 11.1 Å². The molecule has 0 spiro atoms. The Labute approximate surface area is 193 Å². The molecule has 0 radical (unpaired) electrons. The van der Waals surface area contributed by atoms with Crippen molar-refractivity contribution in [3.63, 3.8) is 0 Å². The van der Waals surface area contributed by atoms with E-state index in [9.17, 15) is 14.4 Å². The summed E-state index contributed by atoms with van der Waals surface area (Å²) in [6.45, 7) is 1.45. The number of benzene rings is 2. The highest BCUT2D eigenvalue weighted by molar-refractivity contribution is 5.84. The molecule has 0 aromatic heterocycles. The molecule has 1 aliphatic carbocycles. The van der Waals surface area contributed by atoms with Gasteiger partial charge >= 0.3 is 12.1 Å². The first kappa shape index (κ1) is 24.3. The maximum Gasteiger partial charge on any atom is 0.407 e. The number of hydrogen-bond donors (Lipinski definition) is 4. The maximum absolute atomic E-state index is 12.6. The number of rotatable bonds is 11. The quantitative estimate of drug-likeness (QED) is 0.414. The van der Waals surface area contributed by atoms with Crippen LogP contribution in [0.15, 0.2) is 48.5 Å². The molecule has 2 aromatic rings. The van der Waals surface area contributed by atoms with Crippen LogP contribution in [-0.4, -0.2) is 53.5 Å². The molecule has 4 N–H and O–H groups in total. The molecule has 8 nitrogen and oxygen atoms in total. The number of carboxylic acids is 1. The minimum Gasteiger partial charge on any atom is -0.480 e. The molecular weight excluding hydrogens is 424 g/mol. The molecule has 0 aliphatic heterocycles. The molecule has 2 aromatic carbocycles. The van der Waals surface area contributed by atoms with Crippen molar-refractivity contribution < 1.29 is 29.3 Å². The average Bonchev–Trinajstić information content (AvgIpc) is 3.13. The highest BCUT2D eigenvalue weighted by Gasteiger charge is 2.29. The van der Waals surface area contributed by atoms with E-state index in [-0.39, 0.29) is 18.9 Å². The molecule has 2 atom stereocenters. The lowest BCUT2D eigenvalue weighted by Gasteiger charge is -2.20. The lowest BCUT2D eigenvalue weighted by Crippen LogP contribution is -2.46. The van der Waals surface area contributed by atoms with Crippen LogP contribution in [0.3, 0.4) is 0 Å². The van der Waals surface area contributed by atoms with Gasteiger partial charge in [0, 0.05) is 18.4 Å². The van der Waals surface area contributed by atoms with E-state index in [4.69, 9.17) is 14.9 Å². The summed E-state index contributed by atoms with van der Waals surface area (Å²) in [5, 5.41) is 23.1. The van der Waals surface area contributed by atoms with Gasteiger partial charge in [-0.25, -0.2) is 9.59 Å².